The van der Waals surface area contributed by atoms with E-state index in [1.165, 1.54) is 0 Å². The van der Waals surface area contributed by atoms with Crippen molar-refractivity contribution in [3.63, 3.8) is 0 Å². The maximum absolute atomic E-state index is 11.5. The van der Waals surface area contributed by atoms with E-state index in [0.29, 0.717) is 112 Å². The van der Waals surface area contributed by atoms with E-state index in [1.54, 1.807) is 62.5 Å². The number of benzene rings is 2. The fourth-order valence-electron chi connectivity index (χ4n) is 12.3. The summed E-state index contributed by atoms with van der Waals surface area (Å²) in [6, 6.07) is 35.8. The van der Waals surface area contributed by atoms with Crippen molar-refractivity contribution in [2.75, 3.05) is 114 Å². The van der Waals surface area contributed by atoms with Crippen molar-refractivity contribution in [1.29, 1.82) is 5.26 Å². The van der Waals surface area contributed by atoms with Gasteiger partial charge in [-0.15, -0.1) is 0 Å². The van der Waals surface area contributed by atoms with Gasteiger partial charge in [-0.2, -0.15) is 10.2 Å². The number of aliphatic hydroxyl groups excluding tert-OH is 1. The summed E-state index contributed by atoms with van der Waals surface area (Å²) in [6.07, 6.45) is 3.71. The van der Waals surface area contributed by atoms with Crippen LogP contribution in [0.1, 0.15) is 65.9 Å². The zero-order valence-electron chi connectivity index (χ0n) is 65.3. The number of hydrogen-bond donors (Lipinski definition) is 10. The van der Waals surface area contributed by atoms with Gasteiger partial charge in [-0.1, -0.05) is 43.3 Å². The van der Waals surface area contributed by atoms with Crippen LogP contribution >= 0.6 is 23.2 Å². The van der Waals surface area contributed by atoms with Gasteiger partial charge in [0.1, 0.15) is 34.4 Å². The van der Waals surface area contributed by atoms with Gasteiger partial charge in [0.25, 0.3) is 5.56 Å². The third-order valence-electron chi connectivity index (χ3n) is 17.9. The smallest absolute Gasteiger partial charge is 0.464 e. The number of carbonyl (C=O) groups excluding carboxylic acids is 2. The molecule has 3 saturated heterocycles. The number of nitrogens with zero attached hydrogens (tertiary/aromatic N) is 12. The molecule has 0 unspecified atom stereocenters. The number of halogens is 2. The Bertz CT molecular complexity index is 6350. The van der Waals surface area contributed by atoms with E-state index in [0.717, 1.165) is 130 Å². The van der Waals surface area contributed by atoms with Crippen molar-refractivity contribution in [2.45, 2.75) is 55.9 Å². The van der Waals surface area contributed by atoms with Crippen LogP contribution in [0.15, 0.2) is 149 Å². The van der Waals surface area contributed by atoms with Crippen LogP contribution in [-0.4, -0.2) is 198 Å². The largest absolute Gasteiger partial charge is 0.489 e. The number of ether oxygens (including phenoxy) is 5. The number of H-pyrrole nitrogens is 4. The van der Waals surface area contributed by atoms with Gasteiger partial charge in [0.2, 0.25) is 39.5 Å². The highest BCUT2D eigenvalue weighted by Gasteiger charge is 2.27. The molecule has 14 aromatic heterocycles. The van der Waals surface area contributed by atoms with Crippen molar-refractivity contribution in [3.8, 4) is 17.5 Å². The molecular weight excluding hydrogens is 1580 g/mol. The molecule has 35 nitrogen and oxygen atoms in total. The van der Waals surface area contributed by atoms with Crippen LogP contribution in [0, 0.1) is 45.9 Å². The van der Waals surface area contributed by atoms with Crippen LogP contribution in [0.5, 0.6) is 0 Å². The molecule has 2 aromatic carbocycles. The lowest BCUT2D eigenvalue weighted by molar-refractivity contribution is -0.146. The number of nitrogens with one attached hydrogen (secondary N) is 5. The Balaban J connectivity index is 0.000000149. The molecular formula is C81H88BCl2N19O16. The highest BCUT2D eigenvalue weighted by atomic mass is 35.5. The Hall–Kier alpha value is -12.8. The average molecular weight is 1670 g/mol. The van der Waals surface area contributed by atoms with E-state index < -0.39 is 36.9 Å². The maximum Gasteiger partial charge on any atom is 0.489 e. The summed E-state index contributed by atoms with van der Waals surface area (Å²) < 4.78 is 47.7. The van der Waals surface area contributed by atoms with Crippen molar-refractivity contribution in [2.24, 2.45) is 0 Å². The van der Waals surface area contributed by atoms with Gasteiger partial charge in [0.05, 0.1) is 85.7 Å². The summed E-state index contributed by atoms with van der Waals surface area (Å²) in [5.74, 6) is 1.10. The van der Waals surface area contributed by atoms with Crippen molar-refractivity contribution < 1.29 is 66.1 Å². The number of carbonyl (C=O) groups is 2. The molecule has 0 spiro atoms. The summed E-state index contributed by atoms with van der Waals surface area (Å²) in [5.41, 5.74) is 18.3. The summed E-state index contributed by atoms with van der Waals surface area (Å²) in [4.78, 5) is 98.9. The standard InChI is InChI=1S/C22H19N5O2.C14H13ClN4O2.C11H12N2O3.C10H7N3O3.C8H8BNO2.C7H5ClN2.C4H9NO.C4H8O3.CH4.H3N/c1-13-5-6-16-18-19(29-22(16)24-13)21(27-9-11-28-12-10-27)26-20(25-18)15-3-2-4-17-14(15)7-8-23-17;1-8-2-3-9-10-11(21-13(9)16-8)12(18-14(15)17-10)19-4-6-20-7-5-19;1-3-15-11(14)9-8(12)7-5-4-6(2)13-10(7)16-9;1-4-2-3-5-6-7(16-9(5)11-4)8(14)13-10(15)12-6;11-9(12)7-2-1-3-8-6(7)4-5-10-8;1-5-2-3-6(4-9)7(8)10-5;1-3-6-4-2-5-1;1-2-7-4(6)3-5;;/h2-8,23H,9-12H2,1H3;2-3H,4-7H2,1H3;4-5H,3,12H2,1-2H3;2-3H,1H3,(H2,12,13,14,15);1-5,10-12H;2-3H,1H3;5H,1-4H2;5H,2-3H2,1H3;1H4;1H3. The number of furan rings is 4. The number of aliphatic hydroxyl groups is 1. The molecule has 38 heteroatoms. The number of nitrogen functional groups attached to an aromatic ring is 1. The normalized spacial score (nSPS) is 12.9. The van der Waals surface area contributed by atoms with Gasteiger partial charge in [-0.05, 0) is 156 Å². The summed E-state index contributed by atoms with van der Waals surface area (Å²) >= 11 is 11.7. The predicted octanol–water partition coefficient (Wildman–Crippen LogP) is 10.9. The quantitative estimate of drug-likeness (QED) is 0.0292. The minimum atomic E-state index is -1.40. The lowest BCUT2D eigenvalue weighted by Crippen LogP contribution is -2.37. The zero-order valence-corrected chi connectivity index (χ0v) is 66.8. The SMILES string of the molecule is C.C1COCCN1.CCOC(=O)CO.CCOC(=O)c1oc2nc(C)ccc2c1N.Cc1ccc(C#N)c(Cl)n1.Cc1ccc2c(n1)oc1c(=O)[nH]c(=O)[nH]c12.Cc1ccc2c(n1)oc1c(N3CCOCC3)nc(-c3cccc4[nH]ccc34)nc12.Cc1ccc2c(n1)oc1c(N3CCOCC3)nc(Cl)nc12.N.OB(O)c1cccc2[nH]ccc12. The molecule has 3 aliphatic rings. The molecule has 13 N–H and O–H groups in total. The van der Waals surface area contributed by atoms with Gasteiger partial charge >= 0.3 is 24.7 Å². The van der Waals surface area contributed by atoms with Crippen LogP contribution < -0.4 is 43.7 Å². The van der Waals surface area contributed by atoms with Gasteiger partial charge in [-0.25, -0.2) is 54.3 Å². The molecule has 0 amide bonds. The second kappa shape index (κ2) is 41.4. The molecule has 0 atom stereocenters. The van der Waals surface area contributed by atoms with Crippen LogP contribution in [0.25, 0.3) is 111 Å². The number of aromatic nitrogens is 13. The van der Waals surface area contributed by atoms with Gasteiger partial charge < -0.3 is 98.5 Å². The van der Waals surface area contributed by atoms with Crippen LogP contribution in [0.3, 0.4) is 0 Å². The Morgan fingerprint density at radius 1 is 0.563 bits per heavy atom. The second-order valence-corrected chi connectivity index (χ2v) is 26.8. The fraction of sp³-hybridized carbons (Fsp3) is 0.284. The molecule has 0 bridgehead atoms. The fourth-order valence-corrected chi connectivity index (χ4v) is 12.7. The predicted molar refractivity (Wildman–Crippen MR) is 455 cm³/mol. The van der Waals surface area contributed by atoms with E-state index in [-0.39, 0.29) is 47.7 Å². The first-order valence-corrected chi connectivity index (χ1v) is 37.8. The number of esters is 2. The Morgan fingerprint density at radius 3 is 1.57 bits per heavy atom. The number of aryl methyl sites for hydroxylation is 5. The van der Waals surface area contributed by atoms with E-state index in [4.69, 9.17) is 95.9 Å². The van der Waals surface area contributed by atoms with Gasteiger partial charge in [0.15, 0.2) is 28.6 Å². The Morgan fingerprint density at radius 2 is 1.05 bits per heavy atom. The molecule has 16 aromatic rings. The number of nitriles is 1. The molecule has 0 radical (unpaired) electrons. The number of fused-ring (bicyclic) bond motifs is 12. The number of rotatable bonds is 8. The second-order valence-electron chi connectivity index (χ2n) is 26.1. The molecule has 17 heterocycles. The Labute approximate surface area is 688 Å². The molecule has 0 saturated carbocycles. The molecule has 0 aliphatic carbocycles. The van der Waals surface area contributed by atoms with Crippen LogP contribution in [0.4, 0.5) is 17.3 Å². The monoisotopic (exact) mass is 1660 g/mol. The topological polar surface area (TPSA) is 510 Å². The summed E-state index contributed by atoms with van der Waals surface area (Å²) in [5, 5.41) is 43.0. The van der Waals surface area contributed by atoms with Crippen molar-refractivity contribution in [3.05, 3.63) is 193 Å². The van der Waals surface area contributed by atoms with Crippen LogP contribution in [0.2, 0.25) is 10.4 Å². The third kappa shape index (κ3) is 21.5. The molecule has 119 heavy (non-hydrogen) atoms. The van der Waals surface area contributed by atoms with E-state index in [9.17, 15) is 19.2 Å². The first-order chi connectivity index (χ1) is 56.6. The minimum Gasteiger partial charge on any atom is -0.464 e. The number of pyridine rings is 5. The number of aromatic amines is 4. The van der Waals surface area contributed by atoms with Crippen molar-refractivity contribution in [1.82, 2.24) is 76.3 Å². The summed E-state index contributed by atoms with van der Waals surface area (Å²) in [6.45, 7) is 22.4. The lowest BCUT2D eigenvalue weighted by Gasteiger charge is -2.27. The average Bonchev–Trinajstić information content (AvgIpc) is 1.62. The number of morpholine rings is 3. The zero-order chi connectivity index (χ0) is 82.8. The first-order valence-electron chi connectivity index (χ1n) is 37.0. The van der Waals surface area contributed by atoms with E-state index in [2.05, 4.69) is 92.9 Å². The highest BCUT2D eigenvalue weighted by molar-refractivity contribution is 6.61. The first kappa shape index (κ1) is 88.6. The van der Waals surface area contributed by atoms with Crippen molar-refractivity contribution >= 4 is 165 Å². The minimum absolute atomic E-state index is 0. The third-order valence-corrected chi connectivity index (χ3v) is 18.3. The maximum atomic E-state index is 11.5. The molecule has 3 fully saturated rings. The highest BCUT2D eigenvalue weighted by Crippen LogP contribution is 2.38. The number of nitrogens with two attached hydrogens (primary N) is 1. The molecule has 19 rings (SSSR count). The number of anilines is 3. The van der Waals surface area contributed by atoms with Gasteiger partial charge in [-0.3, -0.25) is 9.78 Å². The summed E-state index contributed by atoms with van der Waals surface area (Å²) in [7, 11) is -1.40. The van der Waals surface area contributed by atoms with E-state index >= 15 is 0 Å². The lowest BCUT2D eigenvalue weighted by atomic mass is 9.78. The number of hydrogen-bond acceptors (Lipinski definition) is 31. The van der Waals surface area contributed by atoms with Gasteiger partial charge in [0, 0.05) is 102 Å². The molecule has 3 aliphatic heterocycles. The Kier molecular flexibility index (Phi) is 30.8. The van der Waals surface area contributed by atoms with E-state index in [1.807, 2.05) is 95.4 Å². The molecule has 620 valence electrons. The van der Waals surface area contributed by atoms with Crippen LogP contribution in [-0.2, 0) is 28.5 Å².